The Morgan fingerprint density at radius 1 is 1.43 bits per heavy atom. The molecule has 0 aliphatic carbocycles. The Morgan fingerprint density at radius 3 is 2.93 bits per heavy atom. The molecule has 0 atom stereocenters. The van der Waals surface area contributed by atoms with Gasteiger partial charge in [-0.3, -0.25) is 0 Å². The molecule has 0 aliphatic rings. The molecule has 1 heterocycles. The summed E-state index contributed by atoms with van der Waals surface area (Å²) in [4.78, 5) is 0. The highest BCUT2D eigenvalue weighted by molar-refractivity contribution is 6.33. The molecule has 0 unspecified atom stereocenters. The third-order valence-corrected chi connectivity index (χ3v) is 1.93. The molecular formula is C9H9Cl2N3. The fraction of sp³-hybridized carbons (Fsp3) is 0.333. The van der Waals surface area contributed by atoms with E-state index >= 15 is 0 Å². The summed E-state index contributed by atoms with van der Waals surface area (Å²) in [6.45, 7) is 2.51. The molecule has 14 heavy (non-hydrogen) atoms. The van der Waals surface area contributed by atoms with E-state index in [1.54, 1.807) is 13.0 Å². The molecule has 0 saturated heterocycles. The average Bonchev–Trinajstić information content (AvgIpc) is 2.18. The molecule has 1 N–H and O–H groups in total. The maximum Gasteiger partial charge on any atom is 0.174 e. The Balaban J connectivity index is 2.56. The highest BCUT2D eigenvalue weighted by atomic mass is 35.5. The van der Waals surface area contributed by atoms with Crippen LogP contribution in [0.5, 0.6) is 0 Å². The maximum atomic E-state index is 5.78. The summed E-state index contributed by atoms with van der Waals surface area (Å²) in [7, 11) is 0. The van der Waals surface area contributed by atoms with Gasteiger partial charge in [-0.25, -0.2) is 0 Å². The van der Waals surface area contributed by atoms with Crippen molar-refractivity contribution >= 4 is 28.9 Å². The van der Waals surface area contributed by atoms with Crippen LogP contribution >= 0.6 is 23.2 Å². The van der Waals surface area contributed by atoms with Crippen molar-refractivity contribution in [3.63, 3.8) is 0 Å². The number of anilines is 1. The minimum Gasteiger partial charge on any atom is -0.381 e. The summed E-state index contributed by atoms with van der Waals surface area (Å²) in [6.07, 6.45) is 0.757. The lowest BCUT2D eigenvalue weighted by molar-refractivity contribution is 1.02. The molecule has 1 aromatic heterocycles. The van der Waals surface area contributed by atoms with E-state index in [9.17, 15) is 0 Å². The highest BCUT2D eigenvalue weighted by Crippen LogP contribution is 2.20. The fourth-order valence-electron chi connectivity index (χ4n) is 0.862. The third kappa shape index (κ3) is 3.41. The number of rotatable bonds is 3. The summed E-state index contributed by atoms with van der Waals surface area (Å²) in [5.74, 6) is 5.73. The first kappa shape index (κ1) is 11.1. The zero-order valence-corrected chi connectivity index (χ0v) is 9.15. The number of nitrogens with zero attached hydrogens (tertiary/aromatic N) is 2. The van der Waals surface area contributed by atoms with Crippen LogP contribution in [0.1, 0.15) is 13.3 Å². The van der Waals surface area contributed by atoms with Gasteiger partial charge in [0.05, 0.1) is 5.69 Å². The van der Waals surface area contributed by atoms with Crippen LogP contribution in [0.25, 0.3) is 0 Å². The molecule has 3 nitrogen and oxygen atoms in total. The number of hydrogen-bond donors (Lipinski definition) is 1. The van der Waals surface area contributed by atoms with Crippen molar-refractivity contribution in [2.24, 2.45) is 0 Å². The van der Waals surface area contributed by atoms with Gasteiger partial charge in [0.1, 0.15) is 0 Å². The fourth-order valence-corrected chi connectivity index (χ4v) is 1.17. The molecule has 0 radical (unpaired) electrons. The topological polar surface area (TPSA) is 37.8 Å². The van der Waals surface area contributed by atoms with E-state index in [-0.39, 0.29) is 0 Å². The van der Waals surface area contributed by atoms with Crippen LogP contribution in [0, 0.1) is 11.8 Å². The van der Waals surface area contributed by atoms with E-state index in [1.165, 1.54) is 0 Å². The largest absolute Gasteiger partial charge is 0.381 e. The summed E-state index contributed by atoms with van der Waals surface area (Å²) in [5, 5.41) is 11.0. The standard InChI is InChI=1S/C9H9Cl2N3/c1-2-3-4-5-12-7-6-8(10)13-14-9(7)11/h6H,4-5H2,1H3,(H,12,13). The van der Waals surface area contributed by atoms with Crippen molar-refractivity contribution in [3.8, 4) is 11.8 Å². The zero-order chi connectivity index (χ0) is 10.4. The van der Waals surface area contributed by atoms with Gasteiger partial charge < -0.3 is 5.32 Å². The van der Waals surface area contributed by atoms with Crippen molar-refractivity contribution in [1.82, 2.24) is 10.2 Å². The number of nitrogens with one attached hydrogen (secondary N) is 1. The second-order valence-electron chi connectivity index (χ2n) is 2.48. The smallest absolute Gasteiger partial charge is 0.174 e. The molecule has 1 aromatic rings. The molecular weight excluding hydrogens is 221 g/mol. The van der Waals surface area contributed by atoms with Crippen LogP contribution in [0.15, 0.2) is 6.07 Å². The van der Waals surface area contributed by atoms with Gasteiger partial charge in [-0.05, 0) is 6.92 Å². The van der Waals surface area contributed by atoms with Gasteiger partial charge in [0.15, 0.2) is 10.3 Å². The second kappa shape index (κ2) is 5.69. The van der Waals surface area contributed by atoms with E-state index in [0.717, 1.165) is 6.42 Å². The minimum atomic E-state index is 0.318. The van der Waals surface area contributed by atoms with E-state index < -0.39 is 0 Å². The Labute approximate surface area is 92.8 Å². The van der Waals surface area contributed by atoms with Gasteiger partial charge in [0, 0.05) is 19.0 Å². The normalized spacial score (nSPS) is 9.07. The second-order valence-corrected chi connectivity index (χ2v) is 3.22. The Bertz CT molecular complexity index is 368. The molecule has 0 amide bonds. The van der Waals surface area contributed by atoms with Crippen molar-refractivity contribution in [2.45, 2.75) is 13.3 Å². The highest BCUT2D eigenvalue weighted by Gasteiger charge is 2.02. The molecule has 0 spiro atoms. The lowest BCUT2D eigenvalue weighted by atomic mass is 10.4. The Morgan fingerprint density at radius 2 is 2.21 bits per heavy atom. The summed E-state index contributed by atoms with van der Waals surface area (Å²) >= 11 is 11.4. The Kier molecular flexibility index (Phi) is 4.51. The average molecular weight is 230 g/mol. The zero-order valence-electron chi connectivity index (χ0n) is 7.64. The van der Waals surface area contributed by atoms with Crippen molar-refractivity contribution in [3.05, 3.63) is 16.4 Å². The quantitative estimate of drug-likeness (QED) is 0.640. The van der Waals surface area contributed by atoms with Gasteiger partial charge in [0.2, 0.25) is 0 Å². The van der Waals surface area contributed by atoms with Crippen LogP contribution in [0.3, 0.4) is 0 Å². The molecule has 0 bridgehead atoms. The van der Waals surface area contributed by atoms with Crippen molar-refractivity contribution in [2.75, 3.05) is 11.9 Å². The van der Waals surface area contributed by atoms with E-state index in [1.807, 2.05) is 0 Å². The van der Waals surface area contributed by atoms with Crippen LogP contribution < -0.4 is 5.32 Å². The molecule has 1 rings (SSSR count). The monoisotopic (exact) mass is 229 g/mol. The van der Waals surface area contributed by atoms with Gasteiger partial charge in [-0.1, -0.05) is 23.2 Å². The van der Waals surface area contributed by atoms with Crippen LogP contribution in [-0.4, -0.2) is 16.7 Å². The van der Waals surface area contributed by atoms with E-state index in [0.29, 0.717) is 22.5 Å². The predicted octanol–water partition coefficient (Wildman–Crippen LogP) is 2.61. The maximum absolute atomic E-state index is 5.78. The molecule has 5 heteroatoms. The molecule has 0 saturated carbocycles. The van der Waals surface area contributed by atoms with Gasteiger partial charge in [-0.15, -0.1) is 22.0 Å². The summed E-state index contributed by atoms with van der Waals surface area (Å²) in [6, 6.07) is 1.64. The van der Waals surface area contributed by atoms with Crippen LogP contribution in [0.4, 0.5) is 5.69 Å². The minimum absolute atomic E-state index is 0.318. The summed E-state index contributed by atoms with van der Waals surface area (Å²) in [5.41, 5.74) is 0.685. The van der Waals surface area contributed by atoms with Gasteiger partial charge in [-0.2, -0.15) is 0 Å². The van der Waals surface area contributed by atoms with Gasteiger partial charge >= 0.3 is 0 Å². The van der Waals surface area contributed by atoms with Crippen LogP contribution in [-0.2, 0) is 0 Å². The van der Waals surface area contributed by atoms with E-state index in [4.69, 9.17) is 23.2 Å². The lowest BCUT2D eigenvalue weighted by Gasteiger charge is -2.04. The van der Waals surface area contributed by atoms with Crippen molar-refractivity contribution < 1.29 is 0 Å². The third-order valence-electron chi connectivity index (χ3n) is 1.46. The number of halogens is 2. The summed E-state index contributed by atoms with van der Waals surface area (Å²) < 4.78 is 0. The first-order chi connectivity index (χ1) is 6.74. The number of hydrogen-bond acceptors (Lipinski definition) is 3. The molecule has 74 valence electrons. The first-order valence-electron chi connectivity index (χ1n) is 4.06. The molecule has 0 fully saturated rings. The van der Waals surface area contributed by atoms with E-state index in [2.05, 4.69) is 27.4 Å². The molecule has 0 aromatic carbocycles. The Hall–Kier alpha value is -0.980. The molecule has 0 aliphatic heterocycles. The van der Waals surface area contributed by atoms with Crippen LogP contribution in [0.2, 0.25) is 10.3 Å². The number of aromatic nitrogens is 2. The first-order valence-corrected chi connectivity index (χ1v) is 4.82. The van der Waals surface area contributed by atoms with Gasteiger partial charge in [0.25, 0.3) is 0 Å². The van der Waals surface area contributed by atoms with Crippen molar-refractivity contribution in [1.29, 1.82) is 0 Å². The SMILES string of the molecule is CC#CCCNc1cc(Cl)nnc1Cl. The predicted molar refractivity (Wildman–Crippen MR) is 58.6 cm³/mol. The lowest BCUT2D eigenvalue weighted by Crippen LogP contribution is -2.02.